The van der Waals surface area contributed by atoms with E-state index in [0.717, 1.165) is 5.56 Å². The first kappa shape index (κ1) is 14.1. The van der Waals surface area contributed by atoms with Crippen molar-refractivity contribution < 1.29 is 19.4 Å². The monoisotopic (exact) mass is 252 g/mol. The third-order valence-electron chi connectivity index (χ3n) is 2.47. The molecule has 18 heavy (non-hydrogen) atoms. The van der Waals surface area contributed by atoms with Crippen molar-refractivity contribution in [1.29, 1.82) is 0 Å². The molecule has 0 fully saturated rings. The number of pyridine rings is 1. The number of esters is 1. The molecule has 0 spiro atoms. The molecule has 0 aliphatic rings. The third kappa shape index (κ3) is 3.53. The molecule has 1 aromatic heterocycles. The van der Waals surface area contributed by atoms with Crippen LogP contribution >= 0.6 is 0 Å². The molecule has 0 aliphatic carbocycles. The zero-order chi connectivity index (χ0) is 13.8. The minimum atomic E-state index is -1.07. The Labute approximate surface area is 105 Å². The van der Waals surface area contributed by atoms with Gasteiger partial charge in [-0.2, -0.15) is 0 Å². The normalized spacial score (nSPS) is 11.1. The highest BCUT2D eigenvalue weighted by atomic mass is 16.5. The summed E-state index contributed by atoms with van der Waals surface area (Å²) in [5.41, 5.74) is -0.0248. The predicted octanol–water partition coefficient (Wildman–Crippen LogP) is 0.821. The molecular weight excluding hydrogens is 236 g/mol. The maximum atomic E-state index is 11.4. The largest absolute Gasteiger partial charge is 0.477 e. The third-order valence-corrected chi connectivity index (χ3v) is 2.47. The fourth-order valence-corrected chi connectivity index (χ4v) is 1.31. The van der Waals surface area contributed by atoms with Crippen LogP contribution in [-0.4, -0.2) is 34.7 Å². The molecule has 6 nitrogen and oxygen atoms in total. The van der Waals surface area contributed by atoms with Gasteiger partial charge in [0, 0.05) is 12.7 Å². The first-order chi connectivity index (χ1) is 8.36. The zero-order valence-electron chi connectivity index (χ0n) is 10.6. The van der Waals surface area contributed by atoms with Crippen LogP contribution in [0.3, 0.4) is 0 Å². The van der Waals surface area contributed by atoms with E-state index in [9.17, 15) is 9.59 Å². The number of methoxy groups -OCH3 is 1. The fourth-order valence-electron chi connectivity index (χ4n) is 1.31. The highest BCUT2D eigenvalue weighted by Gasteiger charge is 2.27. The maximum absolute atomic E-state index is 11.4. The second-order valence-electron chi connectivity index (χ2n) is 4.33. The van der Waals surface area contributed by atoms with Gasteiger partial charge >= 0.3 is 11.9 Å². The molecule has 1 aromatic rings. The number of carbonyl (C=O) groups is 2. The Hall–Kier alpha value is -1.95. The van der Waals surface area contributed by atoms with E-state index in [0.29, 0.717) is 6.54 Å². The van der Waals surface area contributed by atoms with Gasteiger partial charge in [0.25, 0.3) is 0 Å². The molecule has 1 heterocycles. The summed E-state index contributed by atoms with van der Waals surface area (Å²) < 4.78 is 4.66. The lowest BCUT2D eigenvalue weighted by molar-refractivity contribution is -0.147. The number of aromatic nitrogens is 1. The molecule has 0 radical (unpaired) electrons. The van der Waals surface area contributed by atoms with Crippen molar-refractivity contribution in [3.8, 4) is 0 Å². The SMILES string of the molecule is COC(=O)C(C)(C)NCc1ccc(C(=O)O)nc1. The topological polar surface area (TPSA) is 88.5 Å². The fraction of sp³-hybridized carbons (Fsp3) is 0.417. The number of nitrogens with one attached hydrogen (secondary N) is 1. The summed E-state index contributed by atoms with van der Waals surface area (Å²) in [5.74, 6) is -1.43. The smallest absolute Gasteiger partial charge is 0.354 e. The lowest BCUT2D eigenvalue weighted by atomic mass is 10.1. The Morgan fingerprint density at radius 2 is 2.11 bits per heavy atom. The Balaban J connectivity index is 2.64. The Bertz CT molecular complexity index is 440. The van der Waals surface area contributed by atoms with Crippen molar-refractivity contribution in [2.45, 2.75) is 25.9 Å². The molecule has 0 unspecified atom stereocenters. The number of rotatable bonds is 5. The number of carboxylic acid groups (broad SMARTS) is 1. The summed E-state index contributed by atoms with van der Waals surface area (Å²) in [5, 5.41) is 11.7. The van der Waals surface area contributed by atoms with Crippen LogP contribution in [0.5, 0.6) is 0 Å². The molecule has 0 atom stereocenters. The van der Waals surface area contributed by atoms with Gasteiger partial charge in [0.05, 0.1) is 7.11 Å². The Morgan fingerprint density at radius 3 is 2.56 bits per heavy atom. The first-order valence-electron chi connectivity index (χ1n) is 5.38. The average Bonchev–Trinajstić information content (AvgIpc) is 2.35. The molecule has 0 saturated heterocycles. The number of nitrogens with zero attached hydrogens (tertiary/aromatic N) is 1. The van der Waals surface area contributed by atoms with Gasteiger partial charge in [-0.1, -0.05) is 6.07 Å². The molecular formula is C12H16N2O4. The average molecular weight is 252 g/mol. The van der Waals surface area contributed by atoms with E-state index in [1.807, 2.05) is 0 Å². The van der Waals surface area contributed by atoms with Gasteiger partial charge in [-0.05, 0) is 25.5 Å². The van der Waals surface area contributed by atoms with Crippen molar-refractivity contribution >= 4 is 11.9 Å². The van der Waals surface area contributed by atoms with Gasteiger partial charge in [-0.3, -0.25) is 10.1 Å². The van der Waals surface area contributed by atoms with Crippen molar-refractivity contribution in [3.05, 3.63) is 29.6 Å². The highest BCUT2D eigenvalue weighted by molar-refractivity contribution is 5.85. The predicted molar refractivity (Wildman–Crippen MR) is 64.1 cm³/mol. The summed E-state index contributed by atoms with van der Waals surface area (Å²) in [4.78, 5) is 25.8. The minimum Gasteiger partial charge on any atom is -0.477 e. The molecule has 0 saturated carbocycles. The van der Waals surface area contributed by atoms with Gasteiger partial charge in [-0.15, -0.1) is 0 Å². The Morgan fingerprint density at radius 1 is 1.44 bits per heavy atom. The second kappa shape index (κ2) is 5.59. The van der Waals surface area contributed by atoms with E-state index in [1.165, 1.54) is 19.4 Å². The van der Waals surface area contributed by atoms with Crippen molar-refractivity contribution in [2.75, 3.05) is 7.11 Å². The number of carboxylic acids is 1. The van der Waals surface area contributed by atoms with Gasteiger partial charge in [0.2, 0.25) is 0 Å². The van der Waals surface area contributed by atoms with Gasteiger partial charge in [0.15, 0.2) is 0 Å². The van der Waals surface area contributed by atoms with E-state index in [1.54, 1.807) is 19.9 Å². The molecule has 0 amide bonds. The minimum absolute atomic E-state index is 0.00835. The molecule has 0 bridgehead atoms. The van der Waals surface area contributed by atoms with E-state index < -0.39 is 11.5 Å². The van der Waals surface area contributed by atoms with Crippen molar-refractivity contribution in [3.63, 3.8) is 0 Å². The summed E-state index contributed by atoms with van der Waals surface area (Å²) in [6.45, 7) is 3.81. The quantitative estimate of drug-likeness (QED) is 0.754. The summed E-state index contributed by atoms with van der Waals surface area (Å²) >= 11 is 0. The molecule has 0 aliphatic heterocycles. The van der Waals surface area contributed by atoms with Gasteiger partial charge in [-0.25, -0.2) is 9.78 Å². The summed E-state index contributed by atoms with van der Waals surface area (Å²) in [6, 6.07) is 3.07. The van der Waals surface area contributed by atoms with Crippen LogP contribution in [0.25, 0.3) is 0 Å². The van der Waals surface area contributed by atoms with Crippen LogP contribution in [0.1, 0.15) is 29.9 Å². The second-order valence-corrected chi connectivity index (χ2v) is 4.33. The Kier molecular flexibility index (Phi) is 4.38. The maximum Gasteiger partial charge on any atom is 0.354 e. The lowest BCUT2D eigenvalue weighted by Crippen LogP contribution is -2.46. The molecule has 6 heteroatoms. The van der Waals surface area contributed by atoms with E-state index in [4.69, 9.17) is 5.11 Å². The highest BCUT2D eigenvalue weighted by Crippen LogP contribution is 2.07. The van der Waals surface area contributed by atoms with Crippen LogP contribution in [0.4, 0.5) is 0 Å². The van der Waals surface area contributed by atoms with Crippen LogP contribution in [0.2, 0.25) is 0 Å². The van der Waals surface area contributed by atoms with Crippen LogP contribution in [0, 0.1) is 0 Å². The standard InChI is InChI=1S/C12H16N2O4/c1-12(2,11(17)18-3)14-7-8-4-5-9(10(15)16)13-6-8/h4-6,14H,7H2,1-3H3,(H,15,16). The van der Waals surface area contributed by atoms with Crippen LogP contribution in [0.15, 0.2) is 18.3 Å². The van der Waals surface area contributed by atoms with Crippen molar-refractivity contribution in [2.24, 2.45) is 0 Å². The number of aromatic carboxylic acids is 1. The van der Waals surface area contributed by atoms with Crippen LogP contribution < -0.4 is 5.32 Å². The van der Waals surface area contributed by atoms with Crippen molar-refractivity contribution in [1.82, 2.24) is 10.3 Å². The molecule has 0 aromatic carbocycles. The number of carbonyl (C=O) groups excluding carboxylic acids is 1. The summed E-state index contributed by atoms with van der Waals surface area (Å²) in [7, 11) is 1.33. The molecule has 1 rings (SSSR count). The number of ether oxygens (including phenoxy) is 1. The van der Waals surface area contributed by atoms with Gasteiger partial charge < -0.3 is 9.84 Å². The lowest BCUT2D eigenvalue weighted by Gasteiger charge is -2.23. The van der Waals surface area contributed by atoms with E-state index >= 15 is 0 Å². The molecule has 2 N–H and O–H groups in total. The summed E-state index contributed by atoms with van der Waals surface area (Å²) in [6.07, 6.45) is 1.46. The van der Waals surface area contributed by atoms with E-state index in [2.05, 4.69) is 15.0 Å². The molecule has 98 valence electrons. The first-order valence-corrected chi connectivity index (χ1v) is 5.38. The zero-order valence-corrected chi connectivity index (χ0v) is 10.6. The number of hydrogen-bond acceptors (Lipinski definition) is 5. The number of hydrogen-bond donors (Lipinski definition) is 2. The van der Waals surface area contributed by atoms with Gasteiger partial charge in [0.1, 0.15) is 11.2 Å². The van der Waals surface area contributed by atoms with E-state index in [-0.39, 0.29) is 11.7 Å². The van der Waals surface area contributed by atoms with Crippen LogP contribution in [-0.2, 0) is 16.1 Å².